The fourth-order valence-corrected chi connectivity index (χ4v) is 1.10. The third-order valence-electron chi connectivity index (χ3n) is 1.77. The molecule has 0 rings (SSSR count). The summed E-state index contributed by atoms with van der Waals surface area (Å²) in [6, 6.07) is -0.630. The summed E-state index contributed by atoms with van der Waals surface area (Å²) in [5.74, 6) is -3.47. The Kier molecular flexibility index (Phi) is 22.7. The van der Waals surface area contributed by atoms with E-state index in [4.69, 9.17) is 15.3 Å². The van der Waals surface area contributed by atoms with E-state index in [1.807, 2.05) is 0 Å². The summed E-state index contributed by atoms with van der Waals surface area (Å²) in [5.41, 5.74) is 0. The van der Waals surface area contributed by atoms with E-state index >= 15 is 0 Å². The molecule has 0 aliphatic heterocycles. The van der Waals surface area contributed by atoms with Gasteiger partial charge in [0.25, 0.3) is 0 Å². The fourth-order valence-electron chi connectivity index (χ4n) is 1.10. The van der Waals surface area contributed by atoms with Gasteiger partial charge in [-0.3, -0.25) is 19.3 Å². The maximum Gasteiger partial charge on any atom is 1.00 e. The van der Waals surface area contributed by atoms with Crippen LogP contribution in [-0.4, -0.2) is 57.3 Å². The van der Waals surface area contributed by atoms with Crippen molar-refractivity contribution in [2.75, 3.05) is 13.1 Å². The first kappa shape index (κ1) is 27.7. The Labute approximate surface area is 176 Å². The summed E-state index contributed by atoms with van der Waals surface area (Å²) in [7, 11) is 0. The molecule has 0 aliphatic rings. The monoisotopic (exact) mass is 291 g/mol. The van der Waals surface area contributed by atoms with Crippen molar-refractivity contribution in [3.8, 4) is 0 Å². The van der Waals surface area contributed by atoms with Crippen LogP contribution in [0.1, 0.15) is 17.6 Å². The molecule has 10 heteroatoms. The molecule has 0 bridgehead atoms. The Morgan fingerprint density at radius 2 is 1.28 bits per heavy atom. The quantitative estimate of drug-likeness (QED) is 0.399. The molecule has 0 aromatic carbocycles. The molecule has 0 saturated carbocycles. The van der Waals surface area contributed by atoms with Gasteiger partial charge < -0.3 is 19.6 Å². The molecule has 0 heterocycles. The number of hydrogen-bond donors (Lipinski definition) is 3. The summed E-state index contributed by atoms with van der Waals surface area (Å²) in [5, 5.41) is 25.5. The summed E-state index contributed by atoms with van der Waals surface area (Å²) in [6.45, 7) is 0.501. The van der Waals surface area contributed by atoms with E-state index in [0.29, 0.717) is 0 Å². The summed E-state index contributed by atoms with van der Waals surface area (Å²) < 4.78 is 0. The number of nitrogens with zero attached hydrogens (tertiary/aromatic N) is 1. The molecule has 0 saturated heterocycles. The normalized spacial score (nSPS) is 10.3. The maximum atomic E-state index is 10.4. The van der Waals surface area contributed by atoms with E-state index in [-0.39, 0.29) is 99.4 Å². The molecule has 1 unspecified atom stereocenters. The van der Waals surface area contributed by atoms with Crippen molar-refractivity contribution < 1.29 is 123 Å². The zero-order chi connectivity index (χ0) is 12.0. The molecule has 92 valence electrons. The van der Waals surface area contributed by atoms with E-state index in [9.17, 15) is 14.4 Å². The Morgan fingerprint density at radius 3 is 1.50 bits per heavy atom. The second-order valence-electron chi connectivity index (χ2n) is 3.14. The molecule has 0 amide bonds. The molecule has 7 nitrogen and oxygen atoms in total. The number of carboxylic acids is 3. The SMILES string of the molecule is CC(CC(=O)O)N(CC(=O)O)CC(=O)O.[H-].[H-].[H-].[Na+].[Na+].[Na+]. The predicted molar refractivity (Wildman–Crippen MR) is 51.9 cm³/mol. The minimum absolute atomic E-state index is 0. The topological polar surface area (TPSA) is 115 Å². The smallest absolute Gasteiger partial charge is 1.00 e. The van der Waals surface area contributed by atoms with Gasteiger partial charge in [-0.2, -0.15) is 0 Å². The average molecular weight is 291 g/mol. The minimum Gasteiger partial charge on any atom is -1.00 e. The van der Waals surface area contributed by atoms with Crippen LogP contribution in [0.15, 0.2) is 0 Å². The van der Waals surface area contributed by atoms with E-state index in [2.05, 4.69) is 0 Å². The van der Waals surface area contributed by atoms with Crippen LogP contribution in [0.3, 0.4) is 0 Å². The Bertz CT molecular complexity index is 272. The van der Waals surface area contributed by atoms with Gasteiger partial charge in [0.1, 0.15) is 0 Å². The number of carbonyl (C=O) groups is 3. The van der Waals surface area contributed by atoms with Gasteiger partial charge in [0.05, 0.1) is 19.5 Å². The van der Waals surface area contributed by atoms with Gasteiger partial charge in [-0.15, -0.1) is 0 Å². The molecule has 3 N–H and O–H groups in total. The molecular weight excluding hydrogens is 275 g/mol. The molecule has 0 fully saturated rings. The van der Waals surface area contributed by atoms with Gasteiger partial charge in [0, 0.05) is 6.04 Å². The number of aliphatic carboxylic acids is 3. The third-order valence-corrected chi connectivity index (χ3v) is 1.77. The Balaban J connectivity index is -0.0000000653. The molecule has 0 aromatic heterocycles. The minimum atomic E-state index is -1.19. The van der Waals surface area contributed by atoms with Crippen LogP contribution in [-0.2, 0) is 14.4 Å². The van der Waals surface area contributed by atoms with Gasteiger partial charge in [0.15, 0.2) is 0 Å². The van der Waals surface area contributed by atoms with Crippen LogP contribution >= 0.6 is 0 Å². The fraction of sp³-hybridized carbons (Fsp3) is 0.625. The zero-order valence-corrected chi connectivity index (χ0v) is 17.2. The van der Waals surface area contributed by atoms with Crippen LogP contribution in [0.2, 0.25) is 0 Å². The molecule has 1 atom stereocenters. The first-order chi connectivity index (χ1) is 6.82. The third kappa shape index (κ3) is 15.4. The Hall–Kier alpha value is 1.37. The molecule has 0 aromatic rings. The second-order valence-corrected chi connectivity index (χ2v) is 3.14. The second kappa shape index (κ2) is 14.8. The summed E-state index contributed by atoms with van der Waals surface area (Å²) >= 11 is 0. The van der Waals surface area contributed by atoms with E-state index in [1.54, 1.807) is 0 Å². The largest absolute Gasteiger partial charge is 1.00 e. The van der Waals surface area contributed by atoms with Crippen LogP contribution in [0.4, 0.5) is 0 Å². The van der Waals surface area contributed by atoms with Crippen molar-refractivity contribution >= 4 is 17.9 Å². The van der Waals surface area contributed by atoms with Crippen molar-refractivity contribution in [2.24, 2.45) is 0 Å². The number of carboxylic acid groups (broad SMARTS) is 3. The first-order valence-corrected chi connectivity index (χ1v) is 4.22. The Morgan fingerprint density at radius 1 is 0.944 bits per heavy atom. The standard InChI is InChI=1S/C8H13NO6.3Na.3H/c1-5(2-6(10)11)9(3-7(12)13)4-8(14)15;;;;;;/h5H,2-4H2,1H3,(H,10,11)(H,12,13)(H,14,15);;;;;;/q;3*+1;3*-1. The van der Waals surface area contributed by atoms with Crippen LogP contribution in [0, 0.1) is 0 Å². The number of rotatable bonds is 7. The summed E-state index contributed by atoms with van der Waals surface area (Å²) in [4.78, 5) is 32.2. The molecule has 0 radical (unpaired) electrons. The van der Waals surface area contributed by atoms with Crippen LogP contribution in [0.5, 0.6) is 0 Å². The first-order valence-electron chi connectivity index (χ1n) is 4.22. The molecule has 0 aliphatic carbocycles. The van der Waals surface area contributed by atoms with Gasteiger partial charge >= 0.3 is 107 Å². The average Bonchev–Trinajstić information content (AvgIpc) is 1.99. The van der Waals surface area contributed by atoms with Gasteiger partial charge in [0.2, 0.25) is 0 Å². The van der Waals surface area contributed by atoms with Gasteiger partial charge in [-0.25, -0.2) is 0 Å². The summed E-state index contributed by atoms with van der Waals surface area (Å²) in [6.07, 6.45) is -0.291. The molecular formula is C8H16NNa3O6. The van der Waals surface area contributed by atoms with Gasteiger partial charge in [-0.05, 0) is 6.92 Å². The maximum absolute atomic E-state index is 10.4. The van der Waals surface area contributed by atoms with Crippen molar-refractivity contribution in [1.82, 2.24) is 4.90 Å². The molecule has 0 spiro atoms. The van der Waals surface area contributed by atoms with Gasteiger partial charge in [-0.1, -0.05) is 0 Å². The zero-order valence-electron chi connectivity index (χ0n) is 14.2. The van der Waals surface area contributed by atoms with E-state index < -0.39 is 37.0 Å². The predicted octanol–water partition coefficient (Wildman–Crippen LogP) is -9.33. The molecule has 18 heavy (non-hydrogen) atoms. The van der Waals surface area contributed by atoms with Crippen LogP contribution < -0.4 is 88.7 Å². The van der Waals surface area contributed by atoms with E-state index in [1.165, 1.54) is 6.92 Å². The van der Waals surface area contributed by atoms with Crippen molar-refractivity contribution in [2.45, 2.75) is 19.4 Å². The van der Waals surface area contributed by atoms with Crippen molar-refractivity contribution in [3.05, 3.63) is 0 Å². The van der Waals surface area contributed by atoms with Crippen molar-refractivity contribution in [3.63, 3.8) is 0 Å². The van der Waals surface area contributed by atoms with Crippen LogP contribution in [0.25, 0.3) is 0 Å². The van der Waals surface area contributed by atoms with E-state index in [0.717, 1.165) is 4.90 Å². The van der Waals surface area contributed by atoms with Crippen molar-refractivity contribution in [1.29, 1.82) is 0 Å². The number of hydrogen-bond acceptors (Lipinski definition) is 4.